The highest BCUT2D eigenvalue weighted by atomic mass is 28.4. The Bertz CT molecular complexity index is 1720. The molecule has 2 aromatic carbocycles. The third kappa shape index (κ3) is 11.5. The fourth-order valence-electron chi connectivity index (χ4n) is 7.13. The van der Waals surface area contributed by atoms with E-state index >= 15 is 0 Å². The second kappa shape index (κ2) is 18.9. The Morgan fingerprint density at radius 3 is 1.62 bits per heavy atom. The molecule has 61 heavy (non-hydrogen) atoms. The van der Waals surface area contributed by atoms with Crippen molar-refractivity contribution >= 4 is 30.9 Å². The standard InChI is InChI=1S/C46H76O12Si3/c1-29(47)52-37-34(49)33(48)36(38(50-27-30-23-19-17-20-24-30)40(37)57-60(13,14)45(5,6)7)55-43-41(58-61(15,16)46(8,9)10)39(56-59(11,12)44(2,3)4)35-32(53-43)28-51-42(54-35)31-25-21-18-22-26-31/h17-26,32-43,48-49H,27-28H2,1-16H3/t32?,33-,34+,35?,36+,37+,38-,39+,40-,41-,42-,43+/m1/s1. The lowest BCUT2D eigenvalue weighted by atomic mass is 9.84. The molecule has 1 saturated carbocycles. The lowest BCUT2D eigenvalue weighted by Gasteiger charge is -2.55. The van der Waals surface area contributed by atoms with Crippen LogP contribution in [-0.4, -0.2) is 115 Å². The van der Waals surface area contributed by atoms with E-state index in [1.54, 1.807) is 0 Å². The summed E-state index contributed by atoms with van der Waals surface area (Å²) in [6, 6.07) is 19.5. The van der Waals surface area contributed by atoms with Gasteiger partial charge in [-0.25, -0.2) is 0 Å². The summed E-state index contributed by atoms with van der Waals surface area (Å²) in [5.74, 6) is -0.623. The maximum absolute atomic E-state index is 12.7. The van der Waals surface area contributed by atoms with Crippen LogP contribution in [0.5, 0.6) is 0 Å². The third-order valence-corrected chi connectivity index (χ3v) is 27.4. The van der Waals surface area contributed by atoms with Gasteiger partial charge >= 0.3 is 5.97 Å². The molecule has 5 rings (SSSR count). The smallest absolute Gasteiger partial charge is 0.303 e. The van der Waals surface area contributed by atoms with Gasteiger partial charge in [0.25, 0.3) is 0 Å². The van der Waals surface area contributed by atoms with Gasteiger partial charge in [0.1, 0.15) is 54.9 Å². The van der Waals surface area contributed by atoms with Crippen molar-refractivity contribution in [3.8, 4) is 0 Å². The predicted molar refractivity (Wildman–Crippen MR) is 242 cm³/mol. The third-order valence-electron chi connectivity index (χ3n) is 13.9. The molecule has 3 aliphatic rings. The van der Waals surface area contributed by atoms with Crippen molar-refractivity contribution in [1.29, 1.82) is 0 Å². The summed E-state index contributed by atoms with van der Waals surface area (Å²) < 4.78 is 61.8. The second-order valence-corrected chi connectivity index (χ2v) is 35.9. The fourth-order valence-corrected chi connectivity index (χ4v) is 11.0. The first-order valence-corrected chi connectivity index (χ1v) is 30.6. The molecule has 2 aromatic rings. The molecule has 15 heteroatoms. The Kier molecular flexibility index (Phi) is 15.6. The van der Waals surface area contributed by atoms with E-state index in [1.165, 1.54) is 6.92 Å². The molecule has 1 aliphatic carbocycles. The fraction of sp³-hybridized carbons (Fsp3) is 0.717. The van der Waals surface area contributed by atoms with E-state index in [4.69, 9.17) is 41.7 Å². The topological polar surface area (TPSA) is 141 Å². The highest BCUT2D eigenvalue weighted by molar-refractivity contribution is 6.75. The molecule has 0 amide bonds. The van der Waals surface area contributed by atoms with Gasteiger partial charge in [0.05, 0.1) is 13.2 Å². The van der Waals surface area contributed by atoms with Crippen LogP contribution in [-0.2, 0) is 53.1 Å². The summed E-state index contributed by atoms with van der Waals surface area (Å²) in [4.78, 5) is 12.7. The zero-order valence-electron chi connectivity index (χ0n) is 39.6. The van der Waals surface area contributed by atoms with Crippen LogP contribution in [0.25, 0.3) is 0 Å². The quantitative estimate of drug-likeness (QED) is 0.147. The molecule has 0 aromatic heterocycles. The highest BCUT2D eigenvalue weighted by Crippen LogP contribution is 2.47. The van der Waals surface area contributed by atoms with Crippen LogP contribution in [0.3, 0.4) is 0 Å². The van der Waals surface area contributed by atoms with E-state index in [0.29, 0.717) is 0 Å². The van der Waals surface area contributed by atoms with Crippen molar-refractivity contribution in [2.75, 3.05) is 6.61 Å². The number of aliphatic hydroxyl groups excluding tert-OH is 2. The van der Waals surface area contributed by atoms with Gasteiger partial charge < -0.3 is 51.9 Å². The van der Waals surface area contributed by atoms with E-state index in [2.05, 4.69) is 102 Å². The molecule has 344 valence electrons. The number of rotatable bonds is 13. The molecule has 0 spiro atoms. The van der Waals surface area contributed by atoms with Crippen LogP contribution < -0.4 is 0 Å². The number of aliphatic hydroxyl groups is 2. The van der Waals surface area contributed by atoms with Crippen molar-refractivity contribution in [2.24, 2.45) is 0 Å². The van der Waals surface area contributed by atoms with E-state index in [0.717, 1.165) is 11.1 Å². The lowest BCUT2D eigenvalue weighted by Crippen LogP contribution is -2.71. The molecule has 2 heterocycles. The molecule has 2 unspecified atom stereocenters. The van der Waals surface area contributed by atoms with Gasteiger partial charge in [0.15, 0.2) is 43.6 Å². The molecule has 0 radical (unpaired) electrons. The number of hydrogen-bond acceptors (Lipinski definition) is 12. The van der Waals surface area contributed by atoms with Crippen LogP contribution in [0.2, 0.25) is 54.4 Å². The summed E-state index contributed by atoms with van der Waals surface area (Å²) in [6.07, 6.45) is -12.4. The molecule has 0 bridgehead atoms. The van der Waals surface area contributed by atoms with E-state index in [1.807, 2.05) is 60.7 Å². The Hall–Kier alpha value is -1.84. The van der Waals surface area contributed by atoms with Gasteiger partial charge in [-0.3, -0.25) is 4.79 Å². The number of hydrogen-bond donors (Lipinski definition) is 2. The zero-order valence-corrected chi connectivity index (χ0v) is 42.6. The summed E-state index contributed by atoms with van der Waals surface area (Å²) in [5, 5.41) is 23.6. The van der Waals surface area contributed by atoms with Gasteiger partial charge in [0.2, 0.25) is 0 Å². The number of fused-ring (bicyclic) bond motifs is 1. The van der Waals surface area contributed by atoms with Crippen molar-refractivity contribution in [3.63, 3.8) is 0 Å². The largest absolute Gasteiger partial charge is 0.457 e. The van der Waals surface area contributed by atoms with E-state index < -0.39 is 105 Å². The first-order valence-electron chi connectivity index (χ1n) is 21.9. The van der Waals surface area contributed by atoms with Gasteiger partial charge in [-0.2, -0.15) is 0 Å². The molecule has 2 N–H and O–H groups in total. The molecule has 12 nitrogen and oxygen atoms in total. The summed E-state index contributed by atoms with van der Waals surface area (Å²) in [6.45, 7) is 33.9. The van der Waals surface area contributed by atoms with Gasteiger partial charge in [-0.1, -0.05) is 123 Å². The predicted octanol–water partition coefficient (Wildman–Crippen LogP) is 8.63. The monoisotopic (exact) mass is 904 g/mol. The van der Waals surface area contributed by atoms with E-state index in [-0.39, 0.29) is 28.3 Å². The summed E-state index contributed by atoms with van der Waals surface area (Å²) in [5.41, 5.74) is 1.75. The Morgan fingerprint density at radius 2 is 1.11 bits per heavy atom. The first kappa shape index (κ1) is 50.2. The normalized spacial score (nSPS) is 32.0. The molecule has 12 atom stereocenters. The SMILES string of the molecule is CC(=O)O[C@H]1[C@@H](O)[C@@H](O)[C@H](O[C@@H]2OC3CO[C@@H](c4ccccc4)OC3[C@H](O[Si](C)(C)C(C)(C)C)[C@H]2O[Si](C)(C)C(C)(C)C)[C@@H](OCc2ccccc2)[C@@H]1O[Si](C)(C)C(C)(C)C. The Labute approximate surface area is 368 Å². The molecular formula is C46H76O12Si3. The highest BCUT2D eigenvalue weighted by Gasteiger charge is 2.61. The zero-order chi connectivity index (χ0) is 45.5. The van der Waals surface area contributed by atoms with Crippen LogP contribution in [0.15, 0.2) is 60.7 Å². The summed E-state index contributed by atoms with van der Waals surface area (Å²) in [7, 11) is -7.86. The lowest BCUT2D eigenvalue weighted by molar-refractivity contribution is -0.375. The van der Waals surface area contributed by atoms with Crippen molar-refractivity contribution < 1.29 is 56.7 Å². The number of benzene rings is 2. The number of esters is 1. The Balaban J connectivity index is 1.65. The minimum absolute atomic E-state index is 0.123. The number of carbonyl (C=O) groups excluding carboxylic acids is 1. The van der Waals surface area contributed by atoms with Gasteiger partial charge in [-0.15, -0.1) is 0 Å². The minimum Gasteiger partial charge on any atom is -0.457 e. The first-order chi connectivity index (χ1) is 28.0. The molecule has 2 aliphatic heterocycles. The number of carbonyl (C=O) groups is 1. The van der Waals surface area contributed by atoms with Crippen molar-refractivity contribution in [2.45, 2.75) is 204 Å². The molecule has 3 fully saturated rings. The van der Waals surface area contributed by atoms with Gasteiger partial charge in [0, 0.05) is 12.5 Å². The van der Waals surface area contributed by atoms with Crippen LogP contribution in [0.4, 0.5) is 0 Å². The van der Waals surface area contributed by atoms with Crippen molar-refractivity contribution in [1.82, 2.24) is 0 Å². The van der Waals surface area contributed by atoms with Crippen LogP contribution in [0.1, 0.15) is 86.7 Å². The summed E-state index contributed by atoms with van der Waals surface area (Å²) >= 11 is 0. The van der Waals surface area contributed by atoms with E-state index in [9.17, 15) is 15.0 Å². The Morgan fingerprint density at radius 1 is 0.639 bits per heavy atom. The number of ether oxygens (including phenoxy) is 6. The average Bonchev–Trinajstić information content (AvgIpc) is 3.15. The average molecular weight is 905 g/mol. The molecule has 2 saturated heterocycles. The van der Waals surface area contributed by atoms with Crippen LogP contribution >= 0.6 is 0 Å². The maximum Gasteiger partial charge on any atom is 0.303 e. The molecular weight excluding hydrogens is 829 g/mol. The van der Waals surface area contributed by atoms with Crippen molar-refractivity contribution in [3.05, 3.63) is 71.8 Å². The maximum atomic E-state index is 12.7. The second-order valence-electron chi connectivity index (χ2n) is 21.7. The van der Waals surface area contributed by atoms with Crippen LogP contribution in [0, 0.1) is 0 Å². The van der Waals surface area contributed by atoms with Gasteiger partial charge in [-0.05, 0) is 60.0 Å². The minimum atomic E-state index is -2.67.